The van der Waals surface area contributed by atoms with Crippen molar-refractivity contribution in [1.29, 1.82) is 0 Å². The van der Waals surface area contributed by atoms with Crippen LogP contribution in [0.25, 0.3) is 0 Å². The standard InChI is InChI=1S/C18H33NO/c1-8-9-13-10-18(13)11-14(15(20)16(2,3)4)19(12-18)17(5,6)7/h13-14H,8-12H2,1-7H3/t13?,14-,18+/m0/s1. The fourth-order valence-electron chi connectivity index (χ4n) is 4.08. The summed E-state index contributed by atoms with van der Waals surface area (Å²) in [6.07, 6.45) is 5.07. The van der Waals surface area contributed by atoms with E-state index in [4.69, 9.17) is 0 Å². The molecule has 116 valence electrons. The topological polar surface area (TPSA) is 20.3 Å². The molecule has 0 amide bonds. The van der Waals surface area contributed by atoms with Crippen LogP contribution < -0.4 is 0 Å². The van der Waals surface area contributed by atoms with E-state index in [-0.39, 0.29) is 17.0 Å². The predicted octanol–water partition coefficient (Wildman–Crippen LogP) is 4.28. The number of ketones is 1. The van der Waals surface area contributed by atoms with Gasteiger partial charge in [-0.25, -0.2) is 0 Å². The van der Waals surface area contributed by atoms with Crippen LogP contribution in [0.3, 0.4) is 0 Å². The van der Waals surface area contributed by atoms with Crippen LogP contribution in [0.2, 0.25) is 0 Å². The van der Waals surface area contributed by atoms with E-state index in [0.717, 1.165) is 18.9 Å². The third-order valence-corrected chi connectivity index (χ3v) is 5.36. The van der Waals surface area contributed by atoms with Crippen molar-refractivity contribution in [3.8, 4) is 0 Å². The average molecular weight is 279 g/mol. The van der Waals surface area contributed by atoms with Gasteiger partial charge in [0.2, 0.25) is 0 Å². The van der Waals surface area contributed by atoms with E-state index in [1.165, 1.54) is 19.3 Å². The number of carbonyl (C=O) groups excluding carboxylic acids is 1. The summed E-state index contributed by atoms with van der Waals surface area (Å²) < 4.78 is 0. The van der Waals surface area contributed by atoms with Crippen molar-refractivity contribution in [3.63, 3.8) is 0 Å². The lowest BCUT2D eigenvalue weighted by Crippen LogP contribution is -2.50. The summed E-state index contributed by atoms with van der Waals surface area (Å²) in [5.41, 5.74) is 0.331. The monoisotopic (exact) mass is 279 g/mol. The van der Waals surface area contributed by atoms with E-state index in [1.54, 1.807) is 0 Å². The van der Waals surface area contributed by atoms with Crippen molar-refractivity contribution < 1.29 is 4.79 Å². The molecule has 2 heteroatoms. The lowest BCUT2D eigenvalue weighted by molar-refractivity contribution is -0.132. The number of likely N-dealkylation sites (tertiary alicyclic amines) is 1. The zero-order chi connectivity index (χ0) is 15.3. The molecule has 2 aliphatic rings. The van der Waals surface area contributed by atoms with Gasteiger partial charge < -0.3 is 0 Å². The molecule has 0 aromatic heterocycles. The molecule has 0 N–H and O–H groups in total. The predicted molar refractivity (Wildman–Crippen MR) is 84.8 cm³/mol. The maximum atomic E-state index is 12.9. The highest BCUT2D eigenvalue weighted by Crippen LogP contribution is 2.63. The zero-order valence-corrected chi connectivity index (χ0v) is 14.5. The molecule has 20 heavy (non-hydrogen) atoms. The molecular weight excluding hydrogens is 246 g/mol. The molecule has 3 atom stereocenters. The Morgan fingerprint density at radius 2 is 1.75 bits per heavy atom. The summed E-state index contributed by atoms with van der Waals surface area (Å²) in [6, 6.07) is 0.136. The van der Waals surface area contributed by atoms with Gasteiger partial charge >= 0.3 is 0 Å². The molecule has 0 radical (unpaired) electrons. The van der Waals surface area contributed by atoms with E-state index in [1.807, 2.05) is 0 Å². The van der Waals surface area contributed by atoms with Crippen molar-refractivity contribution in [2.45, 2.75) is 85.7 Å². The normalized spacial score (nSPS) is 34.8. The van der Waals surface area contributed by atoms with E-state index in [9.17, 15) is 4.79 Å². The summed E-state index contributed by atoms with van der Waals surface area (Å²) in [7, 11) is 0. The third-order valence-electron chi connectivity index (χ3n) is 5.36. The van der Waals surface area contributed by atoms with Gasteiger partial charge in [0.25, 0.3) is 0 Å². The average Bonchev–Trinajstić information content (AvgIpc) is 2.77. The van der Waals surface area contributed by atoms with Crippen LogP contribution >= 0.6 is 0 Å². The third kappa shape index (κ3) is 2.81. The zero-order valence-electron chi connectivity index (χ0n) is 14.5. The van der Waals surface area contributed by atoms with Crippen molar-refractivity contribution in [3.05, 3.63) is 0 Å². The molecule has 0 aromatic carbocycles. The second-order valence-electron chi connectivity index (χ2n) is 9.18. The van der Waals surface area contributed by atoms with Crippen LogP contribution in [-0.4, -0.2) is 28.8 Å². The Morgan fingerprint density at radius 3 is 2.20 bits per heavy atom. The highest BCUT2D eigenvalue weighted by Gasteiger charge is 2.62. The summed E-state index contributed by atoms with van der Waals surface area (Å²) >= 11 is 0. The van der Waals surface area contributed by atoms with Gasteiger partial charge in [0, 0.05) is 17.5 Å². The van der Waals surface area contributed by atoms with E-state index < -0.39 is 0 Å². The van der Waals surface area contributed by atoms with Gasteiger partial charge in [0.15, 0.2) is 5.78 Å². The Bertz CT molecular complexity index is 387. The fraction of sp³-hybridized carbons (Fsp3) is 0.944. The van der Waals surface area contributed by atoms with Crippen LogP contribution in [0.1, 0.15) is 74.1 Å². The van der Waals surface area contributed by atoms with Crippen molar-refractivity contribution >= 4 is 5.78 Å². The minimum Gasteiger partial charge on any atom is -0.297 e. The highest BCUT2D eigenvalue weighted by molar-refractivity contribution is 5.89. The molecule has 2 nitrogen and oxygen atoms in total. The van der Waals surface area contributed by atoms with Gasteiger partial charge in [0.1, 0.15) is 0 Å². The second-order valence-corrected chi connectivity index (χ2v) is 9.18. The van der Waals surface area contributed by atoms with Gasteiger partial charge in [-0.05, 0) is 44.9 Å². The molecule has 0 bridgehead atoms. The van der Waals surface area contributed by atoms with Gasteiger partial charge in [-0.1, -0.05) is 40.5 Å². The quantitative estimate of drug-likeness (QED) is 0.768. The maximum absolute atomic E-state index is 12.9. The number of nitrogens with zero attached hydrogens (tertiary/aromatic N) is 1. The van der Waals surface area contributed by atoms with Crippen molar-refractivity contribution in [2.75, 3.05) is 6.54 Å². The van der Waals surface area contributed by atoms with Gasteiger partial charge in [-0.2, -0.15) is 0 Å². The lowest BCUT2D eigenvalue weighted by Gasteiger charge is -2.38. The van der Waals surface area contributed by atoms with Crippen LogP contribution in [0.5, 0.6) is 0 Å². The summed E-state index contributed by atoms with van der Waals surface area (Å²) in [5.74, 6) is 1.31. The van der Waals surface area contributed by atoms with Gasteiger partial charge in [-0.3, -0.25) is 9.69 Å². The van der Waals surface area contributed by atoms with Crippen LogP contribution in [0.4, 0.5) is 0 Å². The molecule has 1 unspecified atom stereocenters. The number of carbonyl (C=O) groups is 1. The molecule has 1 aliphatic carbocycles. The molecule has 1 spiro atoms. The van der Waals surface area contributed by atoms with Gasteiger partial charge in [-0.15, -0.1) is 0 Å². The number of hydrogen-bond acceptors (Lipinski definition) is 2. The number of Topliss-reactive ketones (excluding diaryl/α,β-unsaturated/α-hetero) is 1. The molecule has 1 aliphatic heterocycles. The van der Waals surface area contributed by atoms with Crippen LogP contribution in [0, 0.1) is 16.7 Å². The SMILES string of the molecule is CCCC1C[C@]12C[C@@H](C(=O)C(C)(C)C)N(C(C)(C)C)C2. The number of rotatable bonds is 3. The Balaban J connectivity index is 2.20. The first-order chi connectivity index (χ1) is 9.01. The first-order valence-corrected chi connectivity index (χ1v) is 8.32. The van der Waals surface area contributed by atoms with Crippen LogP contribution in [0.15, 0.2) is 0 Å². The lowest BCUT2D eigenvalue weighted by atomic mass is 9.83. The first-order valence-electron chi connectivity index (χ1n) is 8.32. The molecular formula is C18H33NO. The maximum Gasteiger partial charge on any atom is 0.155 e. The van der Waals surface area contributed by atoms with E-state index >= 15 is 0 Å². The second kappa shape index (κ2) is 4.83. The molecule has 1 saturated heterocycles. The first kappa shape index (κ1) is 16.0. The van der Waals surface area contributed by atoms with Crippen LogP contribution in [-0.2, 0) is 4.79 Å². The molecule has 0 aromatic rings. The Hall–Kier alpha value is -0.370. The van der Waals surface area contributed by atoms with Gasteiger partial charge in [0.05, 0.1) is 6.04 Å². The summed E-state index contributed by atoms with van der Waals surface area (Å²) in [5, 5.41) is 0. The molecule has 2 rings (SSSR count). The molecule has 1 saturated carbocycles. The smallest absolute Gasteiger partial charge is 0.155 e. The Kier molecular flexibility index (Phi) is 3.86. The summed E-state index contributed by atoms with van der Waals surface area (Å²) in [6.45, 7) is 16.4. The Labute approximate surface area is 125 Å². The molecule has 2 fully saturated rings. The minimum atomic E-state index is -0.227. The molecule has 1 heterocycles. The van der Waals surface area contributed by atoms with Crippen molar-refractivity contribution in [1.82, 2.24) is 4.90 Å². The van der Waals surface area contributed by atoms with Crippen molar-refractivity contribution in [2.24, 2.45) is 16.7 Å². The summed E-state index contributed by atoms with van der Waals surface area (Å²) in [4.78, 5) is 15.4. The van der Waals surface area contributed by atoms with E-state index in [2.05, 4.69) is 53.4 Å². The number of hydrogen-bond donors (Lipinski definition) is 0. The van der Waals surface area contributed by atoms with E-state index in [0.29, 0.717) is 11.2 Å². The highest BCUT2D eigenvalue weighted by atomic mass is 16.1. The minimum absolute atomic E-state index is 0.0917. The Morgan fingerprint density at radius 1 is 1.15 bits per heavy atom. The fourth-order valence-corrected chi connectivity index (χ4v) is 4.08. The largest absolute Gasteiger partial charge is 0.297 e.